The van der Waals surface area contributed by atoms with Crippen LogP contribution in [0.2, 0.25) is 0 Å². The van der Waals surface area contributed by atoms with E-state index in [1.165, 1.54) is 27.6 Å². The Morgan fingerprint density at radius 1 is 0.438 bits per heavy atom. The summed E-state index contributed by atoms with van der Waals surface area (Å²) in [4.78, 5) is -0.0502. The van der Waals surface area contributed by atoms with Gasteiger partial charge in [0.1, 0.15) is 4.90 Å². The zero-order valence-electron chi connectivity index (χ0n) is 17.1. The van der Waals surface area contributed by atoms with Crippen molar-refractivity contribution in [3.05, 3.63) is 115 Å². The molecule has 0 unspecified atom stereocenters. The average Bonchev–Trinajstić information content (AvgIpc) is 2.80. The Bertz CT molecular complexity index is 1600. The van der Waals surface area contributed by atoms with Crippen molar-refractivity contribution < 1.29 is 13.0 Å². The van der Waals surface area contributed by atoms with Crippen molar-refractivity contribution in [3.8, 4) is 0 Å². The monoisotopic (exact) mass is 436 g/mol. The molecular weight excluding hydrogens is 416 g/mol. The van der Waals surface area contributed by atoms with Crippen LogP contribution in [0.25, 0.3) is 43.1 Å². The van der Waals surface area contributed by atoms with Gasteiger partial charge in [-0.25, -0.2) is 0 Å². The maximum atomic E-state index is 11.3. The molecule has 6 rings (SSSR count). The highest BCUT2D eigenvalue weighted by Gasteiger charge is 2.13. The Hall–Kier alpha value is -3.73. The van der Waals surface area contributed by atoms with Gasteiger partial charge >= 0.3 is 0 Å². The van der Waals surface area contributed by atoms with Crippen molar-refractivity contribution in [1.82, 2.24) is 0 Å². The lowest BCUT2D eigenvalue weighted by Crippen LogP contribution is -1.98. The molecule has 0 heterocycles. The van der Waals surface area contributed by atoms with Crippen molar-refractivity contribution in [2.45, 2.75) is 4.90 Å². The summed E-state index contributed by atoms with van der Waals surface area (Å²) in [6, 6.07) is 37.7. The quantitative estimate of drug-likeness (QED) is 0.218. The second-order valence-corrected chi connectivity index (χ2v) is 9.09. The van der Waals surface area contributed by atoms with Gasteiger partial charge in [0.05, 0.1) is 0 Å². The first-order chi connectivity index (χ1) is 15.5. The largest absolute Gasteiger partial charge is 0.295 e. The zero-order valence-corrected chi connectivity index (χ0v) is 18.0. The molecule has 0 fully saturated rings. The number of hydrogen-bond acceptors (Lipinski definition) is 2. The molecule has 32 heavy (non-hydrogen) atoms. The summed E-state index contributed by atoms with van der Waals surface area (Å²) >= 11 is 0. The highest BCUT2D eigenvalue weighted by molar-refractivity contribution is 7.86. The van der Waals surface area contributed by atoms with E-state index >= 15 is 0 Å². The van der Waals surface area contributed by atoms with Crippen LogP contribution in [0.5, 0.6) is 0 Å². The topological polar surface area (TPSA) is 54.4 Å². The van der Waals surface area contributed by atoms with Crippen LogP contribution in [-0.2, 0) is 10.1 Å². The normalized spacial score (nSPS) is 11.5. The molecule has 0 aliphatic carbocycles. The molecule has 0 radical (unpaired) electrons. The lowest BCUT2D eigenvalue weighted by atomic mass is 10.0. The van der Waals surface area contributed by atoms with Crippen molar-refractivity contribution in [2.75, 3.05) is 0 Å². The van der Waals surface area contributed by atoms with Crippen molar-refractivity contribution in [2.24, 2.45) is 0 Å². The van der Waals surface area contributed by atoms with E-state index in [0.717, 1.165) is 16.2 Å². The van der Waals surface area contributed by atoms with Gasteiger partial charge in [0.15, 0.2) is 0 Å². The maximum Gasteiger partial charge on any atom is 0.295 e. The summed E-state index contributed by atoms with van der Waals surface area (Å²) in [5, 5.41) is 8.57. The van der Waals surface area contributed by atoms with Gasteiger partial charge in [0.2, 0.25) is 0 Å². The molecule has 0 atom stereocenters. The van der Waals surface area contributed by atoms with Gasteiger partial charge in [-0.15, -0.1) is 0 Å². The van der Waals surface area contributed by atoms with E-state index in [0.29, 0.717) is 5.39 Å². The Morgan fingerprint density at radius 2 is 0.781 bits per heavy atom. The molecule has 6 aromatic carbocycles. The van der Waals surface area contributed by atoms with E-state index in [-0.39, 0.29) is 4.90 Å². The van der Waals surface area contributed by atoms with Crippen LogP contribution in [0.4, 0.5) is 0 Å². The molecule has 0 spiro atoms. The molecule has 0 aliphatic rings. The van der Waals surface area contributed by atoms with Crippen molar-refractivity contribution in [1.29, 1.82) is 0 Å². The molecule has 0 aromatic heterocycles. The molecule has 0 saturated heterocycles. The fourth-order valence-corrected chi connectivity index (χ4v) is 4.75. The Morgan fingerprint density at radius 3 is 1.19 bits per heavy atom. The molecule has 156 valence electrons. The van der Waals surface area contributed by atoms with Gasteiger partial charge in [0.25, 0.3) is 10.1 Å². The third-order valence-electron chi connectivity index (χ3n) is 5.60. The highest BCUT2D eigenvalue weighted by atomic mass is 32.2. The molecule has 0 saturated carbocycles. The first-order valence-electron chi connectivity index (χ1n) is 10.3. The van der Waals surface area contributed by atoms with E-state index in [1.54, 1.807) is 12.1 Å². The molecular formula is C28H20O3S. The van der Waals surface area contributed by atoms with Gasteiger partial charge in [-0.1, -0.05) is 84.9 Å². The minimum atomic E-state index is -4.20. The van der Waals surface area contributed by atoms with Gasteiger partial charge in [-0.2, -0.15) is 8.42 Å². The van der Waals surface area contributed by atoms with Crippen LogP contribution >= 0.6 is 0 Å². The summed E-state index contributed by atoms with van der Waals surface area (Å²) < 4.78 is 31.9. The van der Waals surface area contributed by atoms with Crippen LogP contribution in [0, 0.1) is 0 Å². The summed E-state index contributed by atoms with van der Waals surface area (Å²) in [7, 11) is -4.20. The number of benzene rings is 6. The lowest BCUT2D eigenvalue weighted by molar-refractivity contribution is 0.484. The Labute approximate surface area is 186 Å². The highest BCUT2D eigenvalue weighted by Crippen LogP contribution is 2.28. The van der Waals surface area contributed by atoms with Crippen molar-refractivity contribution in [3.63, 3.8) is 0 Å². The summed E-state index contributed by atoms with van der Waals surface area (Å²) in [5.41, 5.74) is 0. The minimum absolute atomic E-state index is 0.0502. The zero-order chi connectivity index (χ0) is 22.1. The standard InChI is InChI=1S/C14H10O3S.C14H10/c15-18(16,17)14-7-3-6-12-8-10-4-1-2-5-11(10)9-13(12)14;1-2-6-12-10-14-8-4-3-7-13(14)9-11(12)5-1/h1-9H,(H,15,16,17);1-10H. The minimum Gasteiger partial charge on any atom is -0.282 e. The average molecular weight is 437 g/mol. The Kier molecular flexibility index (Phi) is 5.10. The molecule has 4 heteroatoms. The van der Waals surface area contributed by atoms with Crippen LogP contribution in [0.15, 0.2) is 120 Å². The molecule has 3 nitrogen and oxygen atoms in total. The Balaban J connectivity index is 0.000000139. The van der Waals surface area contributed by atoms with Crippen LogP contribution < -0.4 is 0 Å². The van der Waals surface area contributed by atoms with Gasteiger partial charge < -0.3 is 0 Å². The van der Waals surface area contributed by atoms with E-state index in [2.05, 4.69) is 60.7 Å². The predicted octanol–water partition coefficient (Wildman–Crippen LogP) is 7.23. The fraction of sp³-hybridized carbons (Fsp3) is 0. The van der Waals surface area contributed by atoms with E-state index in [1.807, 2.05) is 36.4 Å². The summed E-state index contributed by atoms with van der Waals surface area (Å²) in [6.45, 7) is 0. The van der Waals surface area contributed by atoms with Crippen LogP contribution in [0.1, 0.15) is 0 Å². The SMILES string of the molecule is O=S(=O)(O)c1cccc2cc3ccccc3cc12.c1ccc2cc3ccccc3cc2c1. The number of fused-ring (bicyclic) bond motifs is 4. The first kappa shape index (κ1) is 20.2. The predicted molar refractivity (Wildman–Crippen MR) is 133 cm³/mol. The van der Waals surface area contributed by atoms with E-state index < -0.39 is 10.1 Å². The second kappa shape index (κ2) is 8.08. The van der Waals surface area contributed by atoms with Gasteiger partial charge in [-0.3, -0.25) is 4.55 Å². The number of rotatable bonds is 1. The fourth-order valence-electron chi connectivity index (χ4n) is 4.05. The second-order valence-electron chi connectivity index (χ2n) is 7.70. The van der Waals surface area contributed by atoms with E-state index in [9.17, 15) is 13.0 Å². The molecule has 0 bridgehead atoms. The molecule has 1 N–H and O–H groups in total. The van der Waals surface area contributed by atoms with E-state index in [4.69, 9.17) is 0 Å². The third-order valence-corrected chi connectivity index (χ3v) is 6.51. The smallest absolute Gasteiger partial charge is 0.282 e. The van der Waals surface area contributed by atoms with Gasteiger partial charge in [0, 0.05) is 5.39 Å². The van der Waals surface area contributed by atoms with Crippen LogP contribution in [0.3, 0.4) is 0 Å². The molecule has 6 aromatic rings. The molecule has 0 amide bonds. The van der Waals surface area contributed by atoms with Crippen molar-refractivity contribution >= 4 is 53.2 Å². The lowest BCUT2D eigenvalue weighted by Gasteiger charge is -2.05. The summed E-state index contributed by atoms with van der Waals surface area (Å²) in [5.74, 6) is 0. The number of hydrogen-bond donors (Lipinski definition) is 1. The molecule has 0 aliphatic heterocycles. The maximum absolute atomic E-state index is 11.3. The summed E-state index contributed by atoms with van der Waals surface area (Å²) in [6.07, 6.45) is 0. The van der Waals surface area contributed by atoms with Gasteiger partial charge in [-0.05, 0) is 68.0 Å². The van der Waals surface area contributed by atoms with Crippen LogP contribution in [-0.4, -0.2) is 13.0 Å². The third kappa shape index (κ3) is 3.94. The first-order valence-corrected chi connectivity index (χ1v) is 11.7.